The molecule has 6 nitrogen and oxygen atoms in total. The van der Waals surface area contributed by atoms with E-state index in [4.69, 9.17) is 28.9 Å². The summed E-state index contributed by atoms with van der Waals surface area (Å²) in [6.07, 6.45) is 1.60. The first kappa shape index (κ1) is 18.4. The Morgan fingerprint density at radius 1 is 1.15 bits per heavy atom. The SMILES string of the molecule is CN/N=C/c1nnc(C)n1-c1ccc(Cl)cc1C(N)c1ccccc1Cl. The molecule has 134 valence electrons. The number of nitrogens with one attached hydrogen (secondary N) is 1. The van der Waals surface area contributed by atoms with Crippen LogP contribution in [0.3, 0.4) is 0 Å². The predicted molar refractivity (Wildman–Crippen MR) is 105 cm³/mol. The summed E-state index contributed by atoms with van der Waals surface area (Å²) in [7, 11) is 1.71. The lowest BCUT2D eigenvalue weighted by molar-refractivity contribution is 0.840. The Bertz CT molecular complexity index is 951. The van der Waals surface area contributed by atoms with Gasteiger partial charge in [0.05, 0.1) is 17.9 Å². The molecule has 0 fully saturated rings. The van der Waals surface area contributed by atoms with Crippen molar-refractivity contribution in [1.82, 2.24) is 20.2 Å². The van der Waals surface area contributed by atoms with Gasteiger partial charge < -0.3 is 11.2 Å². The van der Waals surface area contributed by atoms with Gasteiger partial charge in [0.2, 0.25) is 0 Å². The van der Waals surface area contributed by atoms with E-state index in [1.54, 1.807) is 19.3 Å². The fraction of sp³-hybridized carbons (Fsp3) is 0.167. The fourth-order valence-electron chi connectivity index (χ4n) is 2.76. The molecule has 0 bridgehead atoms. The monoisotopic (exact) mass is 388 g/mol. The molecule has 1 unspecified atom stereocenters. The van der Waals surface area contributed by atoms with Crippen molar-refractivity contribution in [2.45, 2.75) is 13.0 Å². The summed E-state index contributed by atoms with van der Waals surface area (Å²) in [5, 5.41) is 13.5. The first-order valence-electron chi connectivity index (χ1n) is 7.94. The van der Waals surface area contributed by atoms with Crippen LogP contribution in [0, 0.1) is 6.92 Å². The van der Waals surface area contributed by atoms with E-state index in [9.17, 15) is 0 Å². The highest BCUT2D eigenvalue weighted by Gasteiger charge is 2.20. The predicted octanol–water partition coefficient (Wildman–Crippen LogP) is 3.48. The minimum Gasteiger partial charge on any atom is -0.320 e. The van der Waals surface area contributed by atoms with Gasteiger partial charge in [-0.3, -0.25) is 4.57 Å². The molecule has 26 heavy (non-hydrogen) atoms. The molecule has 3 rings (SSSR count). The lowest BCUT2D eigenvalue weighted by Gasteiger charge is -2.20. The maximum atomic E-state index is 6.55. The number of rotatable bonds is 5. The van der Waals surface area contributed by atoms with Crippen molar-refractivity contribution in [1.29, 1.82) is 0 Å². The van der Waals surface area contributed by atoms with E-state index in [1.807, 2.05) is 47.9 Å². The number of benzene rings is 2. The molecule has 0 amide bonds. The maximum absolute atomic E-state index is 6.55. The molecule has 1 atom stereocenters. The number of hydrogen-bond donors (Lipinski definition) is 2. The van der Waals surface area contributed by atoms with Gasteiger partial charge in [-0.05, 0) is 42.3 Å². The molecule has 2 aromatic carbocycles. The molecule has 0 aliphatic rings. The third-order valence-electron chi connectivity index (χ3n) is 3.96. The smallest absolute Gasteiger partial charge is 0.181 e. The standard InChI is InChI=1S/C18H18Cl2N6/c1-11-24-25-17(10-23-22-2)26(11)16-8-7-12(19)9-14(16)18(21)13-5-3-4-6-15(13)20/h3-10,18,22H,21H2,1-2H3/b23-10+. The summed E-state index contributed by atoms with van der Waals surface area (Å²) >= 11 is 12.6. The maximum Gasteiger partial charge on any atom is 0.181 e. The van der Waals surface area contributed by atoms with E-state index in [1.165, 1.54) is 0 Å². The van der Waals surface area contributed by atoms with E-state index < -0.39 is 6.04 Å². The zero-order chi connectivity index (χ0) is 18.7. The van der Waals surface area contributed by atoms with E-state index in [2.05, 4.69) is 20.7 Å². The van der Waals surface area contributed by atoms with Crippen molar-refractivity contribution in [3.05, 3.63) is 75.3 Å². The lowest BCUT2D eigenvalue weighted by Crippen LogP contribution is -2.17. The molecular weight excluding hydrogens is 371 g/mol. The van der Waals surface area contributed by atoms with Crippen LogP contribution >= 0.6 is 23.2 Å². The topological polar surface area (TPSA) is 81.1 Å². The van der Waals surface area contributed by atoms with Gasteiger partial charge in [0.25, 0.3) is 0 Å². The van der Waals surface area contributed by atoms with E-state index in [-0.39, 0.29) is 0 Å². The largest absolute Gasteiger partial charge is 0.320 e. The highest BCUT2D eigenvalue weighted by molar-refractivity contribution is 6.31. The molecule has 8 heteroatoms. The molecule has 0 radical (unpaired) electrons. The minimum atomic E-state index is -0.465. The summed E-state index contributed by atoms with van der Waals surface area (Å²) in [5.41, 5.74) is 11.7. The van der Waals surface area contributed by atoms with Crippen LogP contribution in [-0.4, -0.2) is 28.0 Å². The van der Waals surface area contributed by atoms with Crippen LogP contribution in [0.15, 0.2) is 47.6 Å². The van der Waals surface area contributed by atoms with Crippen molar-refractivity contribution in [3.63, 3.8) is 0 Å². The Hall–Kier alpha value is -2.41. The number of nitrogens with zero attached hydrogens (tertiary/aromatic N) is 4. The zero-order valence-corrected chi connectivity index (χ0v) is 15.8. The van der Waals surface area contributed by atoms with Gasteiger partial charge in [-0.15, -0.1) is 10.2 Å². The molecule has 0 saturated carbocycles. The summed E-state index contributed by atoms with van der Waals surface area (Å²) in [4.78, 5) is 0. The van der Waals surface area contributed by atoms with Gasteiger partial charge in [-0.25, -0.2) is 0 Å². The molecule has 0 aliphatic heterocycles. The molecule has 0 saturated heterocycles. The second-order valence-corrected chi connectivity index (χ2v) is 6.47. The first-order chi connectivity index (χ1) is 12.5. The minimum absolute atomic E-state index is 0.465. The van der Waals surface area contributed by atoms with Gasteiger partial charge in [-0.2, -0.15) is 5.10 Å². The van der Waals surface area contributed by atoms with Gasteiger partial charge in [0.1, 0.15) is 5.82 Å². The van der Waals surface area contributed by atoms with Crippen LogP contribution in [0.1, 0.15) is 28.8 Å². The Labute approximate surface area is 161 Å². The van der Waals surface area contributed by atoms with Crippen LogP contribution in [0.4, 0.5) is 0 Å². The number of nitrogens with two attached hydrogens (primary N) is 1. The molecule has 0 aliphatic carbocycles. The Morgan fingerprint density at radius 2 is 1.92 bits per heavy atom. The van der Waals surface area contributed by atoms with Crippen molar-refractivity contribution >= 4 is 29.4 Å². The van der Waals surface area contributed by atoms with Crippen LogP contribution in [0.5, 0.6) is 0 Å². The van der Waals surface area contributed by atoms with Gasteiger partial charge >= 0.3 is 0 Å². The molecule has 1 heterocycles. The number of aromatic nitrogens is 3. The molecule has 3 N–H and O–H groups in total. The third kappa shape index (κ3) is 3.58. The number of aryl methyl sites for hydroxylation is 1. The van der Waals surface area contributed by atoms with E-state index >= 15 is 0 Å². The van der Waals surface area contributed by atoms with Crippen molar-refractivity contribution in [2.75, 3.05) is 7.05 Å². The molecular formula is C18H18Cl2N6. The molecule has 1 aromatic heterocycles. The summed E-state index contributed by atoms with van der Waals surface area (Å²) in [6.45, 7) is 1.86. The highest BCUT2D eigenvalue weighted by Crippen LogP contribution is 2.32. The van der Waals surface area contributed by atoms with Gasteiger partial charge in [-0.1, -0.05) is 41.4 Å². The normalized spacial score (nSPS) is 12.5. The second kappa shape index (κ2) is 7.86. The average molecular weight is 389 g/mol. The van der Waals surface area contributed by atoms with Crippen LogP contribution in [0.25, 0.3) is 5.69 Å². The van der Waals surface area contributed by atoms with E-state index in [0.29, 0.717) is 21.7 Å². The summed E-state index contributed by atoms with van der Waals surface area (Å²) in [6, 6.07) is 12.6. The Morgan fingerprint density at radius 3 is 2.65 bits per heavy atom. The Kier molecular flexibility index (Phi) is 5.56. The van der Waals surface area contributed by atoms with E-state index in [0.717, 1.165) is 16.8 Å². The average Bonchev–Trinajstić information content (AvgIpc) is 3.00. The summed E-state index contributed by atoms with van der Waals surface area (Å²) < 4.78 is 1.88. The molecule has 0 spiro atoms. The zero-order valence-electron chi connectivity index (χ0n) is 14.3. The van der Waals surface area contributed by atoms with Crippen LogP contribution in [-0.2, 0) is 0 Å². The fourth-order valence-corrected chi connectivity index (χ4v) is 3.19. The van der Waals surface area contributed by atoms with Crippen LogP contribution < -0.4 is 11.2 Å². The highest BCUT2D eigenvalue weighted by atomic mass is 35.5. The quantitative estimate of drug-likeness (QED) is 0.517. The Balaban J connectivity index is 2.18. The third-order valence-corrected chi connectivity index (χ3v) is 4.54. The van der Waals surface area contributed by atoms with Crippen LogP contribution in [0.2, 0.25) is 10.0 Å². The number of hydrazone groups is 1. The van der Waals surface area contributed by atoms with Gasteiger partial charge in [0.15, 0.2) is 5.82 Å². The van der Waals surface area contributed by atoms with Gasteiger partial charge in [0, 0.05) is 17.1 Å². The van der Waals surface area contributed by atoms with Crippen molar-refractivity contribution < 1.29 is 0 Å². The van der Waals surface area contributed by atoms with Crippen molar-refractivity contribution in [2.24, 2.45) is 10.8 Å². The summed E-state index contributed by atoms with van der Waals surface area (Å²) in [5.74, 6) is 1.28. The first-order valence-corrected chi connectivity index (χ1v) is 8.70. The second-order valence-electron chi connectivity index (χ2n) is 5.62. The lowest BCUT2D eigenvalue weighted by atomic mass is 9.97. The number of hydrogen-bond acceptors (Lipinski definition) is 5. The molecule has 3 aromatic rings. The number of halogens is 2. The van der Waals surface area contributed by atoms with Crippen molar-refractivity contribution in [3.8, 4) is 5.69 Å².